The van der Waals surface area contributed by atoms with Crippen molar-refractivity contribution < 1.29 is 13.6 Å². The molecule has 1 rings (SSSR count). The van der Waals surface area contributed by atoms with Crippen LogP contribution in [0.2, 0.25) is 0 Å². The van der Waals surface area contributed by atoms with Gasteiger partial charge in [0.25, 0.3) is 0 Å². The Labute approximate surface area is 151 Å². The van der Waals surface area contributed by atoms with E-state index >= 15 is 0 Å². The fourth-order valence-electron chi connectivity index (χ4n) is 1.50. The number of nitrogens with one attached hydrogen (secondary N) is 3. The van der Waals surface area contributed by atoms with Gasteiger partial charge < -0.3 is 0 Å². The summed E-state index contributed by atoms with van der Waals surface area (Å²) in [7, 11) is -3.36. The highest BCUT2D eigenvalue weighted by Gasteiger charge is 2.48. The molecule has 0 saturated heterocycles. The predicted molar refractivity (Wildman–Crippen MR) is 103 cm³/mol. The molecule has 7 heteroatoms. The second kappa shape index (κ2) is 10.7. The number of hydroxylamine groups is 3. The first-order valence-corrected chi connectivity index (χ1v) is 9.96. The maximum absolute atomic E-state index is 5.96. The molecular formula is C18H29N3O3Si. The van der Waals surface area contributed by atoms with Gasteiger partial charge in [-0.15, -0.1) is 0 Å². The van der Waals surface area contributed by atoms with Crippen molar-refractivity contribution in [2.75, 3.05) is 0 Å². The Bertz CT molecular complexity index is 560. The Hall–Kier alpha value is -2.06. The molecular weight excluding hydrogens is 334 g/mol. The summed E-state index contributed by atoms with van der Waals surface area (Å²) in [5.41, 5.74) is 11.3. The minimum atomic E-state index is -3.36. The molecule has 0 aromatic heterocycles. The van der Waals surface area contributed by atoms with E-state index in [0.29, 0.717) is 0 Å². The standard InChI is InChI=1S/C18H29N3O3Si/c1-7-15(4)19-22-25(23-20-16(5)8-2,24-21-17(6)9-3)18-13-11-10-12-14-18/h7-14,19-21H,1-6H3. The van der Waals surface area contributed by atoms with Crippen LogP contribution < -0.4 is 21.6 Å². The Morgan fingerprint density at radius 3 is 1.40 bits per heavy atom. The molecule has 0 radical (unpaired) electrons. The highest BCUT2D eigenvalue weighted by atomic mass is 28.4. The van der Waals surface area contributed by atoms with Crippen LogP contribution in [0.3, 0.4) is 0 Å². The quantitative estimate of drug-likeness (QED) is 0.438. The molecule has 0 aliphatic rings. The summed E-state index contributed by atoms with van der Waals surface area (Å²) in [6, 6.07) is 9.60. The molecule has 0 heterocycles. The van der Waals surface area contributed by atoms with E-state index in [0.717, 1.165) is 22.3 Å². The van der Waals surface area contributed by atoms with E-state index in [9.17, 15) is 0 Å². The zero-order valence-electron chi connectivity index (χ0n) is 15.8. The molecule has 0 saturated carbocycles. The fourth-order valence-corrected chi connectivity index (χ4v) is 3.47. The lowest BCUT2D eigenvalue weighted by molar-refractivity contribution is -0.00440. The Morgan fingerprint density at radius 1 is 0.720 bits per heavy atom. The lowest BCUT2D eigenvalue weighted by Crippen LogP contribution is -2.63. The van der Waals surface area contributed by atoms with Gasteiger partial charge >= 0.3 is 8.80 Å². The SMILES string of the molecule is CC=C(C)NO[Si](ONC(C)=CC)(ONC(C)=CC)c1ccccc1. The first-order valence-electron chi connectivity index (χ1n) is 8.23. The van der Waals surface area contributed by atoms with Crippen LogP contribution >= 0.6 is 0 Å². The minimum absolute atomic E-state index is 0.805. The van der Waals surface area contributed by atoms with Gasteiger partial charge in [0.05, 0.1) is 0 Å². The smallest absolute Gasteiger partial charge is 0.278 e. The predicted octanol–water partition coefficient (Wildman–Crippen LogP) is 3.17. The molecule has 25 heavy (non-hydrogen) atoms. The summed E-state index contributed by atoms with van der Waals surface area (Å²) in [5.74, 6) is 0. The molecule has 0 unspecified atom stereocenters. The Kier molecular flexibility index (Phi) is 9.00. The molecule has 0 spiro atoms. The highest BCUT2D eigenvalue weighted by molar-refractivity contribution is 6.75. The Balaban J connectivity index is 3.18. The number of hydrogen-bond donors (Lipinski definition) is 3. The number of allylic oxidation sites excluding steroid dienone is 6. The van der Waals surface area contributed by atoms with E-state index < -0.39 is 8.80 Å². The average molecular weight is 364 g/mol. The van der Waals surface area contributed by atoms with Crippen LogP contribution in [0, 0.1) is 0 Å². The summed E-state index contributed by atoms with van der Waals surface area (Å²) in [6.45, 7) is 11.5. The average Bonchev–Trinajstić information content (AvgIpc) is 2.67. The molecule has 0 aliphatic heterocycles. The van der Waals surface area contributed by atoms with E-state index in [4.69, 9.17) is 13.6 Å². The van der Waals surface area contributed by atoms with E-state index in [1.54, 1.807) is 0 Å². The molecule has 1 aromatic carbocycles. The van der Waals surface area contributed by atoms with Crippen LogP contribution in [-0.2, 0) is 13.6 Å². The number of benzene rings is 1. The van der Waals surface area contributed by atoms with Crippen molar-refractivity contribution in [3.63, 3.8) is 0 Å². The third-order valence-corrected chi connectivity index (χ3v) is 5.62. The first kappa shape index (κ1) is 21.0. The number of rotatable bonds is 10. The molecule has 0 fully saturated rings. The number of hydrogen-bond acceptors (Lipinski definition) is 6. The van der Waals surface area contributed by atoms with Crippen molar-refractivity contribution in [2.24, 2.45) is 0 Å². The normalized spacial score (nSPS) is 15.5. The van der Waals surface area contributed by atoms with Gasteiger partial charge in [0, 0.05) is 22.3 Å². The van der Waals surface area contributed by atoms with Gasteiger partial charge in [0.2, 0.25) is 0 Å². The topological polar surface area (TPSA) is 63.8 Å². The first-order chi connectivity index (χ1) is 12.0. The summed E-state index contributed by atoms with van der Waals surface area (Å²) >= 11 is 0. The monoisotopic (exact) mass is 363 g/mol. The molecule has 0 bridgehead atoms. The molecule has 3 N–H and O–H groups in total. The largest absolute Gasteiger partial charge is 0.603 e. The second-order valence-corrected chi connectivity index (χ2v) is 7.75. The van der Waals surface area contributed by atoms with E-state index in [1.165, 1.54) is 0 Å². The van der Waals surface area contributed by atoms with Crippen molar-refractivity contribution in [1.82, 2.24) is 16.4 Å². The van der Waals surface area contributed by atoms with Gasteiger partial charge in [-0.25, -0.2) is 0 Å². The van der Waals surface area contributed by atoms with Crippen LogP contribution in [0.4, 0.5) is 0 Å². The molecule has 0 amide bonds. The van der Waals surface area contributed by atoms with Crippen LogP contribution in [0.1, 0.15) is 41.5 Å². The van der Waals surface area contributed by atoms with Gasteiger partial charge in [-0.05, 0) is 41.5 Å². The third-order valence-electron chi connectivity index (χ3n) is 3.47. The highest BCUT2D eigenvalue weighted by Crippen LogP contribution is 2.10. The molecule has 1 aromatic rings. The van der Waals surface area contributed by atoms with Gasteiger partial charge in [0.15, 0.2) is 0 Å². The van der Waals surface area contributed by atoms with E-state index in [-0.39, 0.29) is 0 Å². The van der Waals surface area contributed by atoms with Crippen molar-refractivity contribution in [2.45, 2.75) is 41.5 Å². The van der Waals surface area contributed by atoms with Crippen LogP contribution in [0.5, 0.6) is 0 Å². The van der Waals surface area contributed by atoms with Gasteiger partial charge in [0.1, 0.15) is 0 Å². The van der Waals surface area contributed by atoms with Crippen molar-refractivity contribution in [3.05, 3.63) is 65.7 Å². The molecule has 0 aliphatic carbocycles. The summed E-state index contributed by atoms with van der Waals surface area (Å²) < 4.78 is 17.9. The van der Waals surface area contributed by atoms with Gasteiger partial charge in [-0.1, -0.05) is 48.6 Å². The minimum Gasteiger partial charge on any atom is -0.278 e. The third kappa shape index (κ3) is 6.75. The second-order valence-electron chi connectivity index (χ2n) is 5.45. The van der Waals surface area contributed by atoms with Crippen LogP contribution in [0.25, 0.3) is 0 Å². The lowest BCUT2D eigenvalue weighted by Gasteiger charge is -2.29. The van der Waals surface area contributed by atoms with Crippen LogP contribution in [-0.4, -0.2) is 8.80 Å². The Morgan fingerprint density at radius 2 is 1.08 bits per heavy atom. The zero-order chi connectivity index (χ0) is 18.7. The fraction of sp³-hybridized carbons (Fsp3) is 0.333. The summed E-state index contributed by atoms with van der Waals surface area (Å²) in [4.78, 5) is 0. The lowest BCUT2D eigenvalue weighted by atomic mass is 10.4. The van der Waals surface area contributed by atoms with E-state index in [2.05, 4.69) is 16.4 Å². The van der Waals surface area contributed by atoms with E-state index in [1.807, 2.05) is 90.1 Å². The van der Waals surface area contributed by atoms with Crippen molar-refractivity contribution in [1.29, 1.82) is 0 Å². The molecule has 138 valence electrons. The van der Waals surface area contributed by atoms with Crippen molar-refractivity contribution in [3.8, 4) is 0 Å². The maximum atomic E-state index is 5.96. The molecule has 0 atom stereocenters. The van der Waals surface area contributed by atoms with Crippen molar-refractivity contribution >= 4 is 14.0 Å². The van der Waals surface area contributed by atoms with Gasteiger partial charge in [-0.3, -0.25) is 30.0 Å². The summed E-state index contributed by atoms with van der Waals surface area (Å²) in [6.07, 6.45) is 5.71. The van der Waals surface area contributed by atoms with Gasteiger partial charge in [-0.2, -0.15) is 0 Å². The summed E-state index contributed by atoms with van der Waals surface area (Å²) in [5, 5.41) is 0.805. The molecule has 6 nitrogen and oxygen atoms in total. The van der Waals surface area contributed by atoms with Crippen LogP contribution in [0.15, 0.2) is 65.7 Å². The maximum Gasteiger partial charge on any atom is 0.603 e. The zero-order valence-corrected chi connectivity index (χ0v) is 16.8.